The molecule has 2 amide bonds. The normalized spacial score (nSPS) is 10.2. The van der Waals surface area contributed by atoms with E-state index in [0.717, 1.165) is 4.47 Å². The van der Waals surface area contributed by atoms with Gasteiger partial charge in [0.2, 0.25) is 5.91 Å². The van der Waals surface area contributed by atoms with Crippen molar-refractivity contribution in [3.05, 3.63) is 57.0 Å². The molecule has 0 aliphatic carbocycles. The molecule has 0 aliphatic heterocycles. The molecule has 0 heterocycles. The summed E-state index contributed by atoms with van der Waals surface area (Å²) in [5.41, 5.74) is 0.637. The van der Waals surface area contributed by atoms with Gasteiger partial charge in [0.1, 0.15) is 5.75 Å². The third kappa shape index (κ3) is 5.92. The molecule has 0 saturated heterocycles. The molecule has 2 aromatic carbocycles. The van der Waals surface area contributed by atoms with E-state index in [4.69, 9.17) is 27.9 Å². The van der Waals surface area contributed by atoms with Crippen LogP contribution in [0.15, 0.2) is 46.9 Å². The van der Waals surface area contributed by atoms with E-state index in [2.05, 4.69) is 21.2 Å². The molecule has 5 nitrogen and oxygen atoms in total. The molecule has 0 radical (unpaired) electrons. The number of nitrogens with one attached hydrogen (secondary N) is 1. The van der Waals surface area contributed by atoms with Crippen LogP contribution in [0, 0.1) is 0 Å². The molecule has 25 heavy (non-hydrogen) atoms. The van der Waals surface area contributed by atoms with Gasteiger partial charge in [-0.1, -0.05) is 35.3 Å². The van der Waals surface area contributed by atoms with Crippen LogP contribution in [-0.4, -0.2) is 36.9 Å². The lowest BCUT2D eigenvalue weighted by Gasteiger charge is -2.17. The molecule has 0 saturated carbocycles. The van der Waals surface area contributed by atoms with Gasteiger partial charge in [-0.2, -0.15) is 0 Å². The van der Waals surface area contributed by atoms with Crippen LogP contribution < -0.4 is 10.1 Å². The van der Waals surface area contributed by atoms with Crippen LogP contribution in [0.1, 0.15) is 0 Å². The highest BCUT2D eigenvalue weighted by molar-refractivity contribution is 9.10. The van der Waals surface area contributed by atoms with Crippen molar-refractivity contribution >= 4 is 56.6 Å². The second-order valence-corrected chi connectivity index (χ2v) is 6.84. The topological polar surface area (TPSA) is 58.6 Å². The first-order valence-electron chi connectivity index (χ1n) is 7.23. The number of carbonyl (C=O) groups excluding carboxylic acids is 2. The highest BCUT2D eigenvalue weighted by Gasteiger charge is 2.15. The van der Waals surface area contributed by atoms with E-state index in [0.29, 0.717) is 21.5 Å². The molecule has 0 spiro atoms. The lowest BCUT2D eigenvalue weighted by molar-refractivity contribution is -0.135. The van der Waals surface area contributed by atoms with Crippen molar-refractivity contribution in [2.45, 2.75) is 0 Å². The van der Waals surface area contributed by atoms with Gasteiger partial charge < -0.3 is 15.0 Å². The maximum absolute atomic E-state index is 12.1. The average molecular weight is 446 g/mol. The number of hydrogen-bond acceptors (Lipinski definition) is 3. The summed E-state index contributed by atoms with van der Waals surface area (Å²) in [7, 11) is 1.52. The van der Waals surface area contributed by atoms with E-state index < -0.39 is 0 Å². The number of nitrogens with zero attached hydrogens (tertiary/aromatic N) is 1. The average Bonchev–Trinajstić information content (AvgIpc) is 2.55. The Hall–Kier alpha value is -1.76. The van der Waals surface area contributed by atoms with E-state index in [1.54, 1.807) is 24.3 Å². The van der Waals surface area contributed by atoms with Gasteiger partial charge in [-0.3, -0.25) is 9.59 Å². The molecule has 2 rings (SSSR count). The van der Waals surface area contributed by atoms with Gasteiger partial charge in [-0.15, -0.1) is 0 Å². The Morgan fingerprint density at radius 3 is 2.60 bits per heavy atom. The SMILES string of the molecule is CN(CC(=O)Nc1ccccc1Br)C(=O)COc1ccc(Cl)cc1Cl. The van der Waals surface area contributed by atoms with Gasteiger partial charge in [0.25, 0.3) is 5.91 Å². The van der Waals surface area contributed by atoms with Crippen molar-refractivity contribution in [2.75, 3.05) is 25.5 Å². The molecule has 0 aromatic heterocycles. The predicted molar refractivity (Wildman–Crippen MR) is 102 cm³/mol. The van der Waals surface area contributed by atoms with Crippen LogP contribution in [0.4, 0.5) is 5.69 Å². The van der Waals surface area contributed by atoms with Crippen molar-refractivity contribution in [2.24, 2.45) is 0 Å². The van der Waals surface area contributed by atoms with Crippen molar-refractivity contribution in [1.29, 1.82) is 0 Å². The van der Waals surface area contributed by atoms with Gasteiger partial charge in [0, 0.05) is 16.5 Å². The van der Waals surface area contributed by atoms with Crippen molar-refractivity contribution in [3.63, 3.8) is 0 Å². The fourth-order valence-electron chi connectivity index (χ4n) is 1.90. The minimum Gasteiger partial charge on any atom is -0.482 e. The molecule has 2 aromatic rings. The number of benzene rings is 2. The molecule has 0 atom stereocenters. The number of hydrogen-bond donors (Lipinski definition) is 1. The number of carbonyl (C=O) groups is 2. The molecule has 0 aliphatic rings. The number of likely N-dealkylation sites (N-methyl/N-ethyl adjacent to an activating group) is 1. The maximum Gasteiger partial charge on any atom is 0.260 e. The van der Waals surface area contributed by atoms with Crippen LogP contribution in [0.25, 0.3) is 0 Å². The summed E-state index contributed by atoms with van der Waals surface area (Å²) in [6, 6.07) is 11.9. The van der Waals surface area contributed by atoms with Crippen LogP contribution in [-0.2, 0) is 9.59 Å². The van der Waals surface area contributed by atoms with Gasteiger partial charge in [0.05, 0.1) is 17.3 Å². The van der Waals surface area contributed by atoms with Crippen molar-refractivity contribution < 1.29 is 14.3 Å². The minimum atomic E-state index is -0.353. The minimum absolute atomic E-state index is 0.0993. The molecule has 0 fully saturated rings. The zero-order chi connectivity index (χ0) is 18.4. The zero-order valence-corrected chi connectivity index (χ0v) is 16.4. The van der Waals surface area contributed by atoms with Crippen LogP contribution in [0.2, 0.25) is 10.0 Å². The third-order valence-corrected chi connectivity index (χ3v) is 4.42. The fraction of sp³-hybridized carbons (Fsp3) is 0.176. The summed E-state index contributed by atoms with van der Waals surface area (Å²) in [5.74, 6) is -0.314. The Kier molecular flexibility index (Phi) is 7.11. The van der Waals surface area contributed by atoms with E-state index in [1.807, 2.05) is 12.1 Å². The van der Waals surface area contributed by atoms with E-state index in [-0.39, 0.29) is 25.0 Å². The van der Waals surface area contributed by atoms with Crippen molar-refractivity contribution in [1.82, 2.24) is 4.90 Å². The quantitative estimate of drug-likeness (QED) is 0.723. The monoisotopic (exact) mass is 444 g/mol. The van der Waals surface area contributed by atoms with Gasteiger partial charge >= 0.3 is 0 Å². The Bertz CT molecular complexity index is 786. The summed E-state index contributed by atoms with van der Waals surface area (Å²) >= 11 is 15.1. The lowest BCUT2D eigenvalue weighted by Crippen LogP contribution is -2.37. The largest absolute Gasteiger partial charge is 0.482 e. The molecule has 132 valence electrons. The summed E-state index contributed by atoms with van der Waals surface area (Å²) in [6.07, 6.45) is 0. The van der Waals surface area contributed by atoms with Gasteiger partial charge in [0.15, 0.2) is 6.61 Å². The second kappa shape index (κ2) is 9.08. The molecule has 0 bridgehead atoms. The first kappa shape index (κ1) is 19.6. The van der Waals surface area contributed by atoms with E-state index in [1.165, 1.54) is 18.0 Å². The number of para-hydroxylation sites is 1. The summed E-state index contributed by atoms with van der Waals surface area (Å²) in [4.78, 5) is 25.4. The Morgan fingerprint density at radius 1 is 1.20 bits per heavy atom. The number of amides is 2. The van der Waals surface area contributed by atoms with Gasteiger partial charge in [-0.05, 0) is 46.3 Å². The van der Waals surface area contributed by atoms with Crippen molar-refractivity contribution in [3.8, 4) is 5.75 Å². The third-order valence-electron chi connectivity index (χ3n) is 3.20. The van der Waals surface area contributed by atoms with Crippen LogP contribution >= 0.6 is 39.1 Å². The lowest BCUT2D eigenvalue weighted by atomic mass is 10.3. The first-order valence-corrected chi connectivity index (χ1v) is 8.78. The molecular weight excluding hydrogens is 431 g/mol. The number of anilines is 1. The highest BCUT2D eigenvalue weighted by Crippen LogP contribution is 2.27. The second-order valence-electron chi connectivity index (χ2n) is 5.14. The maximum atomic E-state index is 12.1. The predicted octanol–water partition coefficient (Wildman–Crippen LogP) is 4.23. The van der Waals surface area contributed by atoms with E-state index >= 15 is 0 Å². The number of rotatable bonds is 6. The Morgan fingerprint density at radius 2 is 1.92 bits per heavy atom. The molecule has 0 unspecified atom stereocenters. The molecule has 8 heteroatoms. The van der Waals surface area contributed by atoms with Crippen LogP contribution in [0.3, 0.4) is 0 Å². The van der Waals surface area contributed by atoms with Gasteiger partial charge in [-0.25, -0.2) is 0 Å². The summed E-state index contributed by atoms with van der Waals surface area (Å²) < 4.78 is 6.13. The number of halogens is 3. The Balaban J connectivity index is 1.85. The Labute approximate surface area is 164 Å². The standard InChI is InChI=1S/C17H15BrCl2N2O3/c1-22(9-16(23)21-14-5-3-2-4-12(14)18)17(24)10-25-15-7-6-11(19)8-13(15)20/h2-8H,9-10H2,1H3,(H,21,23). The van der Waals surface area contributed by atoms with Crippen LogP contribution in [0.5, 0.6) is 5.75 Å². The smallest absolute Gasteiger partial charge is 0.260 e. The zero-order valence-electron chi connectivity index (χ0n) is 13.3. The fourth-order valence-corrected chi connectivity index (χ4v) is 2.74. The molecule has 1 N–H and O–H groups in total. The molecular formula is C17H15BrCl2N2O3. The first-order chi connectivity index (χ1) is 11.9. The summed E-state index contributed by atoms with van der Waals surface area (Å²) in [5, 5.41) is 3.52. The highest BCUT2D eigenvalue weighted by atomic mass is 79.9. The van der Waals surface area contributed by atoms with E-state index in [9.17, 15) is 9.59 Å². The summed E-state index contributed by atoms with van der Waals surface area (Å²) in [6.45, 7) is -0.335. The number of ether oxygens (including phenoxy) is 1.